The van der Waals surface area contributed by atoms with Crippen LogP contribution in [0.15, 0.2) is 85.1 Å². The van der Waals surface area contributed by atoms with Crippen molar-refractivity contribution in [3.8, 4) is 23.2 Å². The van der Waals surface area contributed by atoms with Gasteiger partial charge in [-0.2, -0.15) is 0 Å². The van der Waals surface area contributed by atoms with Gasteiger partial charge in [0.25, 0.3) is 0 Å². The SMILES string of the molecule is CC(C)c1ccnc(-n2c3ccccc3c3ccc(Oc4cc(C(C)(C)C)c5cccc(O)c5n4)cc32)c1. The van der Waals surface area contributed by atoms with Gasteiger partial charge in [0, 0.05) is 34.5 Å². The van der Waals surface area contributed by atoms with E-state index in [1.54, 1.807) is 6.07 Å². The van der Waals surface area contributed by atoms with E-state index < -0.39 is 0 Å². The van der Waals surface area contributed by atoms with Crippen LogP contribution in [-0.4, -0.2) is 19.6 Å². The first-order chi connectivity index (χ1) is 18.2. The van der Waals surface area contributed by atoms with E-state index in [0.29, 0.717) is 23.1 Å². The van der Waals surface area contributed by atoms with Gasteiger partial charge in [0.15, 0.2) is 0 Å². The Balaban J connectivity index is 1.53. The molecule has 3 aromatic heterocycles. The molecule has 0 amide bonds. The minimum absolute atomic E-state index is 0.144. The molecule has 0 unspecified atom stereocenters. The molecular formula is C33H31N3O2. The van der Waals surface area contributed by atoms with Gasteiger partial charge >= 0.3 is 0 Å². The third kappa shape index (κ3) is 4.04. The molecule has 0 atom stereocenters. The van der Waals surface area contributed by atoms with Crippen LogP contribution >= 0.6 is 0 Å². The van der Waals surface area contributed by atoms with Crippen molar-refractivity contribution in [1.29, 1.82) is 0 Å². The highest BCUT2D eigenvalue weighted by molar-refractivity contribution is 6.09. The van der Waals surface area contributed by atoms with E-state index in [2.05, 4.69) is 86.6 Å². The predicted molar refractivity (Wildman–Crippen MR) is 155 cm³/mol. The van der Waals surface area contributed by atoms with Gasteiger partial charge in [-0.3, -0.25) is 4.57 Å². The van der Waals surface area contributed by atoms with Gasteiger partial charge in [-0.15, -0.1) is 0 Å². The largest absolute Gasteiger partial charge is 0.506 e. The van der Waals surface area contributed by atoms with Gasteiger partial charge in [0.2, 0.25) is 5.88 Å². The molecular weight excluding hydrogens is 470 g/mol. The first-order valence-electron chi connectivity index (χ1n) is 13.0. The Kier molecular flexibility index (Phi) is 5.60. The number of phenols is 1. The summed E-state index contributed by atoms with van der Waals surface area (Å²) in [4.78, 5) is 9.43. The number of pyridine rings is 2. The van der Waals surface area contributed by atoms with E-state index in [1.807, 2.05) is 36.5 Å². The number of rotatable bonds is 4. The van der Waals surface area contributed by atoms with E-state index >= 15 is 0 Å². The molecule has 0 fully saturated rings. The first-order valence-corrected chi connectivity index (χ1v) is 13.0. The number of benzene rings is 3. The number of hydrogen-bond donors (Lipinski definition) is 1. The lowest BCUT2D eigenvalue weighted by atomic mass is 9.85. The second-order valence-electron chi connectivity index (χ2n) is 11.2. The van der Waals surface area contributed by atoms with Crippen LogP contribution < -0.4 is 4.74 Å². The summed E-state index contributed by atoms with van der Waals surface area (Å²) in [5.74, 6) is 2.54. The molecule has 0 aliphatic carbocycles. The molecule has 3 aromatic carbocycles. The normalized spacial score (nSPS) is 12.2. The maximum Gasteiger partial charge on any atom is 0.220 e. The molecule has 0 aliphatic rings. The van der Waals surface area contributed by atoms with Gasteiger partial charge in [-0.1, -0.05) is 65.0 Å². The fourth-order valence-corrected chi connectivity index (χ4v) is 5.18. The van der Waals surface area contributed by atoms with Gasteiger partial charge in [0.1, 0.15) is 22.8 Å². The second kappa shape index (κ2) is 8.88. The second-order valence-corrected chi connectivity index (χ2v) is 11.2. The molecule has 0 saturated heterocycles. The number of para-hydroxylation sites is 2. The smallest absolute Gasteiger partial charge is 0.220 e. The molecule has 6 aromatic rings. The molecule has 6 rings (SSSR count). The zero-order chi connectivity index (χ0) is 26.6. The summed E-state index contributed by atoms with van der Waals surface area (Å²) in [5.41, 5.74) is 4.80. The average Bonchev–Trinajstić information content (AvgIpc) is 3.22. The van der Waals surface area contributed by atoms with Crippen LogP contribution in [0.4, 0.5) is 0 Å². The summed E-state index contributed by atoms with van der Waals surface area (Å²) >= 11 is 0. The average molecular weight is 502 g/mol. The van der Waals surface area contributed by atoms with Crippen LogP contribution in [0.3, 0.4) is 0 Å². The predicted octanol–water partition coefficient (Wildman–Crippen LogP) is 8.65. The van der Waals surface area contributed by atoms with E-state index in [0.717, 1.165) is 38.6 Å². The number of aromatic nitrogens is 3. The first kappa shape index (κ1) is 24.0. The molecule has 0 saturated carbocycles. The molecule has 0 radical (unpaired) electrons. The molecule has 190 valence electrons. The fraction of sp³-hybridized carbons (Fsp3) is 0.212. The van der Waals surface area contributed by atoms with E-state index in [9.17, 15) is 5.11 Å². The zero-order valence-electron chi connectivity index (χ0n) is 22.4. The molecule has 38 heavy (non-hydrogen) atoms. The molecule has 1 N–H and O–H groups in total. The van der Waals surface area contributed by atoms with Crippen molar-refractivity contribution in [1.82, 2.24) is 14.5 Å². The summed E-state index contributed by atoms with van der Waals surface area (Å²) in [6, 6.07) is 26.2. The van der Waals surface area contributed by atoms with Crippen molar-refractivity contribution in [2.75, 3.05) is 0 Å². The molecule has 0 aliphatic heterocycles. The van der Waals surface area contributed by atoms with Crippen molar-refractivity contribution in [3.05, 3.63) is 96.2 Å². The Morgan fingerprint density at radius 3 is 2.37 bits per heavy atom. The summed E-state index contributed by atoms with van der Waals surface area (Å²) in [5, 5.41) is 13.8. The van der Waals surface area contributed by atoms with Crippen molar-refractivity contribution in [2.24, 2.45) is 0 Å². The van der Waals surface area contributed by atoms with E-state index in [-0.39, 0.29) is 11.2 Å². The maximum atomic E-state index is 10.6. The maximum absolute atomic E-state index is 10.6. The highest BCUT2D eigenvalue weighted by atomic mass is 16.5. The lowest BCUT2D eigenvalue weighted by molar-refractivity contribution is 0.457. The number of fused-ring (bicyclic) bond motifs is 4. The quantitative estimate of drug-likeness (QED) is 0.263. The number of phenolic OH excluding ortho intramolecular Hbond substituents is 1. The molecule has 3 heterocycles. The van der Waals surface area contributed by atoms with Crippen molar-refractivity contribution < 1.29 is 9.84 Å². The summed E-state index contributed by atoms with van der Waals surface area (Å²) in [7, 11) is 0. The minimum Gasteiger partial charge on any atom is -0.506 e. The summed E-state index contributed by atoms with van der Waals surface area (Å²) in [6.45, 7) is 10.8. The Morgan fingerprint density at radius 1 is 0.816 bits per heavy atom. The Bertz CT molecular complexity index is 1830. The van der Waals surface area contributed by atoms with Crippen molar-refractivity contribution in [3.63, 3.8) is 0 Å². The summed E-state index contributed by atoms with van der Waals surface area (Å²) in [6.07, 6.45) is 1.88. The Labute approximate surface area is 222 Å². The summed E-state index contributed by atoms with van der Waals surface area (Å²) < 4.78 is 8.58. The van der Waals surface area contributed by atoms with Crippen LogP contribution in [0.1, 0.15) is 51.7 Å². The third-order valence-corrected chi connectivity index (χ3v) is 7.14. The Hall–Kier alpha value is -4.38. The highest BCUT2D eigenvalue weighted by Crippen LogP contribution is 2.38. The zero-order valence-corrected chi connectivity index (χ0v) is 22.4. The van der Waals surface area contributed by atoms with Crippen LogP contribution in [-0.2, 0) is 5.41 Å². The van der Waals surface area contributed by atoms with Gasteiger partial charge in [-0.05, 0) is 58.9 Å². The molecule has 0 spiro atoms. The van der Waals surface area contributed by atoms with E-state index in [1.165, 1.54) is 5.56 Å². The number of aromatic hydroxyl groups is 1. The highest BCUT2D eigenvalue weighted by Gasteiger charge is 2.21. The van der Waals surface area contributed by atoms with Crippen molar-refractivity contribution in [2.45, 2.75) is 46.0 Å². The van der Waals surface area contributed by atoms with Crippen LogP contribution in [0.5, 0.6) is 17.4 Å². The third-order valence-electron chi connectivity index (χ3n) is 7.14. The lowest BCUT2D eigenvalue weighted by Crippen LogP contribution is -2.12. The molecule has 0 bridgehead atoms. The van der Waals surface area contributed by atoms with Gasteiger partial charge in [0.05, 0.1) is 11.0 Å². The van der Waals surface area contributed by atoms with Gasteiger partial charge in [-0.25, -0.2) is 9.97 Å². The van der Waals surface area contributed by atoms with Crippen LogP contribution in [0.25, 0.3) is 38.5 Å². The van der Waals surface area contributed by atoms with Crippen molar-refractivity contribution >= 4 is 32.7 Å². The Morgan fingerprint density at radius 2 is 1.58 bits per heavy atom. The topological polar surface area (TPSA) is 60.2 Å². The van der Waals surface area contributed by atoms with Gasteiger partial charge < -0.3 is 9.84 Å². The number of nitrogens with zero attached hydrogens (tertiary/aromatic N) is 3. The molecule has 5 heteroatoms. The van der Waals surface area contributed by atoms with Crippen LogP contribution in [0, 0.1) is 0 Å². The standard InChI is InChI=1S/C33H31N3O2/c1-20(2)21-15-16-34-30(17-21)36-27-11-7-6-9-23(27)24-14-13-22(18-28(24)36)38-31-19-26(33(3,4)5)25-10-8-12-29(37)32(25)35-31/h6-20,37H,1-5H3. The monoisotopic (exact) mass is 501 g/mol. The van der Waals surface area contributed by atoms with Crippen LogP contribution in [0.2, 0.25) is 0 Å². The number of hydrogen-bond acceptors (Lipinski definition) is 4. The number of ether oxygens (including phenoxy) is 1. The minimum atomic E-state index is -0.156. The fourth-order valence-electron chi connectivity index (χ4n) is 5.18. The molecule has 5 nitrogen and oxygen atoms in total. The van der Waals surface area contributed by atoms with E-state index in [4.69, 9.17) is 9.72 Å². The lowest BCUT2D eigenvalue weighted by Gasteiger charge is -2.22.